The molecule has 1 heterocycles. The number of aromatic nitrogens is 3. The molecule has 1 rings (SSSR count). The van der Waals surface area contributed by atoms with Crippen molar-refractivity contribution < 1.29 is 0 Å². The van der Waals surface area contributed by atoms with Crippen LogP contribution in [0.3, 0.4) is 0 Å². The van der Waals surface area contributed by atoms with E-state index in [-0.39, 0.29) is 24.0 Å². The fourth-order valence-electron chi connectivity index (χ4n) is 1.78. The van der Waals surface area contributed by atoms with Crippen LogP contribution in [0.4, 0.5) is 0 Å². The Morgan fingerprint density at radius 2 is 2.05 bits per heavy atom. The average Bonchev–Trinajstić information content (AvgIpc) is 2.76. The van der Waals surface area contributed by atoms with Gasteiger partial charge in [0.1, 0.15) is 18.7 Å². The Bertz CT molecular complexity index is 421. The lowest BCUT2D eigenvalue weighted by atomic mass is 9.91. The SMILES string of the molecule is CCNC(=NCc1ncnn1C)NCCCC(C)(C)C.I. The van der Waals surface area contributed by atoms with Crippen LogP contribution in [0.1, 0.15) is 46.4 Å². The fraction of sp³-hybridized carbons (Fsp3) is 0.786. The van der Waals surface area contributed by atoms with E-state index < -0.39 is 0 Å². The Kier molecular flexibility index (Phi) is 9.56. The summed E-state index contributed by atoms with van der Waals surface area (Å²) in [5, 5.41) is 10.6. The summed E-state index contributed by atoms with van der Waals surface area (Å²) in [4.78, 5) is 8.69. The third kappa shape index (κ3) is 8.90. The molecule has 0 saturated heterocycles. The molecule has 2 N–H and O–H groups in total. The Balaban J connectivity index is 0.00000400. The zero-order valence-corrected chi connectivity index (χ0v) is 16.1. The number of aryl methyl sites for hydroxylation is 1. The second kappa shape index (κ2) is 9.97. The summed E-state index contributed by atoms with van der Waals surface area (Å²) in [6, 6.07) is 0. The quantitative estimate of drug-likeness (QED) is 0.328. The summed E-state index contributed by atoms with van der Waals surface area (Å²) in [5.74, 6) is 1.70. The Morgan fingerprint density at radius 1 is 1.33 bits per heavy atom. The van der Waals surface area contributed by atoms with Crippen LogP contribution >= 0.6 is 24.0 Å². The number of rotatable bonds is 6. The highest BCUT2D eigenvalue weighted by molar-refractivity contribution is 14.0. The van der Waals surface area contributed by atoms with Crippen molar-refractivity contribution in [2.75, 3.05) is 13.1 Å². The number of hydrogen-bond acceptors (Lipinski definition) is 3. The van der Waals surface area contributed by atoms with Gasteiger partial charge in [-0.1, -0.05) is 20.8 Å². The largest absolute Gasteiger partial charge is 0.357 e. The van der Waals surface area contributed by atoms with Gasteiger partial charge in [-0.25, -0.2) is 9.98 Å². The fourth-order valence-corrected chi connectivity index (χ4v) is 1.78. The smallest absolute Gasteiger partial charge is 0.191 e. The molecular formula is C14H29IN6. The van der Waals surface area contributed by atoms with Gasteiger partial charge in [0, 0.05) is 20.1 Å². The van der Waals surface area contributed by atoms with Crippen molar-refractivity contribution in [1.29, 1.82) is 0 Å². The Morgan fingerprint density at radius 3 is 2.57 bits per heavy atom. The zero-order chi connectivity index (χ0) is 15.0. The summed E-state index contributed by atoms with van der Waals surface area (Å²) in [5.41, 5.74) is 0.385. The molecule has 6 nitrogen and oxygen atoms in total. The lowest BCUT2D eigenvalue weighted by Crippen LogP contribution is -2.38. The molecule has 1 aromatic rings. The molecule has 21 heavy (non-hydrogen) atoms. The van der Waals surface area contributed by atoms with Gasteiger partial charge in [0.2, 0.25) is 0 Å². The highest BCUT2D eigenvalue weighted by atomic mass is 127. The highest BCUT2D eigenvalue weighted by Gasteiger charge is 2.09. The first kappa shape index (κ1) is 20.1. The van der Waals surface area contributed by atoms with Crippen LogP contribution < -0.4 is 10.6 Å². The average molecular weight is 408 g/mol. The van der Waals surface area contributed by atoms with E-state index in [4.69, 9.17) is 0 Å². The second-order valence-electron chi connectivity index (χ2n) is 6.09. The van der Waals surface area contributed by atoms with Crippen molar-refractivity contribution in [1.82, 2.24) is 25.4 Å². The van der Waals surface area contributed by atoms with Gasteiger partial charge in [0.25, 0.3) is 0 Å². The third-order valence-electron chi connectivity index (χ3n) is 2.92. The van der Waals surface area contributed by atoms with Crippen LogP contribution in [-0.2, 0) is 13.6 Å². The monoisotopic (exact) mass is 408 g/mol. The topological polar surface area (TPSA) is 67.1 Å². The summed E-state index contributed by atoms with van der Waals surface area (Å²) in [7, 11) is 1.88. The van der Waals surface area contributed by atoms with E-state index in [9.17, 15) is 0 Å². The molecule has 0 amide bonds. The summed E-state index contributed by atoms with van der Waals surface area (Å²) in [6.07, 6.45) is 3.88. The van der Waals surface area contributed by atoms with Gasteiger partial charge in [-0.05, 0) is 25.2 Å². The molecule has 0 radical (unpaired) electrons. The van der Waals surface area contributed by atoms with Crippen molar-refractivity contribution >= 4 is 29.9 Å². The predicted molar refractivity (Wildman–Crippen MR) is 97.9 cm³/mol. The van der Waals surface area contributed by atoms with Crippen molar-refractivity contribution in [3.8, 4) is 0 Å². The Hall–Kier alpha value is -0.860. The van der Waals surface area contributed by atoms with E-state index >= 15 is 0 Å². The van der Waals surface area contributed by atoms with Gasteiger partial charge in [-0.15, -0.1) is 24.0 Å². The number of hydrogen-bond donors (Lipinski definition) is 2. The van der Waals surface area contributed by atoms with Crippen LogP contribution in [0.15, 0.2) is 11.3 Å². The molecular weight excluding hydrogens is 379 g/mol. The predicted octanol–water partition coefficient (Wildman–Crippen LogP) is 2.31. The second-order valence-corrected chi connectivity index (χ2v) is 6.09. The van der Waals surface area contributed by atoms with E-state index in [0.29, 0.717) is 12.0 Å². The number of nitrogens with zero attached hydrogens (tertiary/aromatic N) is 4. The molecule has 0 aromatic carbocycles. The zero-order valence-electron chi connectivity index (χ0n) is 13.8. The third-order valence-corrected chi connectivity index (χ3v) is 2.92. The minimum atomic E-state index is 0. The van der Waals surface area contributed by atoms with Crippen LogP contribution in [0.25, 0.3) is 0 Å². The number of halogens is 1. The first-order valence-corrected chi connectivity index (χ1v) is 7.27. The first-order valence-electron chi connectivity index (χ1n) is 7.27. The van der Waals surface area contributed by atoms with Gasteiger partial charge >= 0.3 is 0 Å². The first-order chi connectivity index (χ1) is 9.42. The molecule has 122 valence electrons. The maximum Gasteiger partial charge on any atom is 0.191 e. The Labute approximate surface area is 145 Å². The van der Waals surface area contributed by atoms with Crippen molar-refractivity contribution in [3.63, 3.8) is 0 Å². The summed E-state index contributed by atoms with van der Waals surface area (Å²) < 4.78 is 1.74. The molecule has 0 aliphatic heterocycles. The van der Waals surface area contributed by atoms with Gasteiger partial charge in [-0.2, -0.15) is 5.10 Å². The molecule has 0 aliphatic carbocycles. The summed E-state index contributed by atoms with van der Waals surface area (Å²) in [6.45, 7) is 11.2. The van der Waals surface area contributed by atoms with Gasteiger partial charge in [0.05, 0.1) is 0 Å². The molecule has 0 bridgehead atoms. The number of guanidine groups is 1. The van der Waals surface area contributed by atoms with Crippen molar-refractivity contribution in [2.24, 2.45) is 17.5 Å². The highest BCUT2D eigenvalue weighted by Crippen LogP contribution is 2.19. The van der Waals surface area contributed by atoms with Crippen molar-refractivity contribution in [2.45, 2.75) is 47.1 Å². The van der Waals surface area contributed by atoms with E-state index in [1.807, 2.05) is 7.05 Å². The molecule has 7 heteroatoms. The van der Waals surface area contributed by atoms with Crippen LogP contribution in [0, 0.1) is 5.41 Å². The van der Waals surface area contributed by atoms with E-state index in [1.165, 1.54) is 6.42 Å². The van der Waals surface area contributed by atoms with E-state index in [1.54, 1.807) is 11.0 Å². The normalized spacial score (nSPS) is 12.0. The van der Waals surface area contributed by atoms with E-state index in [2.05, 4.69) is 53.4 Å². The minimum absolute atomic E-state index is 0. The van der Waals surface area contributed by atoms with Gasteiger partial charge in [0.15, 0.2) is 5.96 Å². The van der Waals surface area contributed by atoms with Crippen molar-refractivity contribution in [3.05, 3.63) is 12.2 Å². The van der Waals surface area contributed by atoms with Crippen LogP contribution in [0.5, 0.6) is 0 Å². The lowest BCUT2D eigenvalue weighted by Gasteiger charge is -2.18. The standard InChI is InChI=1S/C14H28N6.HI/c1-6-15-13(16-9-7-8-14(2,3)4)17-10-12-18-11-19-20(12)5;/h11H,6-10H2,1-5H3,(H2,15,16,17);1H. The number of aliphatic imine (C=N–C) groups is 1. The molecule has 0 atom stereocenters. The molecule has 0 fully saturated rings. The summed E-state index contributed by atoms with van der Waals surface area (Å²) >= 11 is 0. The van der Waals surface area contributed by atoms with E-state index in [0.717, 1.165) is 31.3 Å². The van der Waals surface area contributed by atoms with Gasteiger partial charge < -0.3 is 10.6 Å². The van der Waals surface area contributed by atoms with Gasteiger partial charge in [-0.3, -0.25) is 4.68 Å². The maximum atomic E-state index is 4.52. The molecule has 0 aliphatic rings. The molecule has 1 aromatic heterocycles. The molecule has 0 saturated carbocycles. The number of nitrogens with one attached hydrogen (secondary N) is 2. The molecule has 0 spiro atoms. The minimum Gasteiger partial charge on any atom is -0.357 e. The lowest BCUT2D eigenvalue weighted by molar-refractivity contribution is 0.365. The molecule has 0 unspecified atom stereocenters. The van der Waals surface area contributed by atoms with Crippen LogP contribution in [0.2, 0.25) is 0 Å². The maximum absolute atomic E-state index is 4.52. The van der Waals surface area contributed by atoms with Crippen LogP contribution in [-0.4, -0.2) is 33.8 Å².